The number of aryl methyl sites for hydroxylation is 2. The Hall–Kier alpha value is -2.41. The summed E-state index contributed by atoms with van der Waals surface area (Å²) in [6, 6.07) is 4.10. The van der Waals surface area contributed by atoms with Crippen molar-refractivity contribution in [2.45, 2.75) is 82.9 Å². The number of aromatic nitrogens is 2. The van der Waals surface area contributed by atoms with E-state index in [4.69, 9.17) is 4.74 Å². The number of urea groups is 1. The smallest absolute Gasteiger partial charge is 0.315 e. The van der Waals surface area contributed by atoms with Crippen molar-refractivity contribution < 1.29 is 9.53 Å². The fourth-order valence-corrected chi connectivity index (χ4v) is 5.54. The summed E-state index contributed by atoms with van der Waals surface area (Å²) >= 11 is 0. The third-order valence-electron chi connectivity index (χ3n) is 7.50. The normalized spacial score (nSPS) is 28.4. The lowest BCUT2D eigenvalue weighted by Crippen LogP contribution is -2.49. The van der Waals surface area contributed by atoms with Gasteiger partial charge >= 0.3 is 6.03 Å². The Morgan fingerprint density at radius 2 is 1.88 bits per heavy atom. The first-order valence-electron chi connectivity index (χ1n) is 11.9. The van der Waals surface area contributed by atoms with Gasteiger partial charge in [-0.1, -0.05) is 6.92 Å². The second kappa shape index (κ2) is 9.61. The number of nitrogens with zero attached hydrogens (tertiary/aromatic N) is 2. The lowest BCUT2D eigenvalue weighted by atomic mass is 9.74. The number of hydrogen-bond acceptors (Lipinski definition) is 4. The molecule has 2 aromatic rings. The lowest BCUT2D eigenvalue weighted by Gasteiger charge is -2.35. The maximum Gasteiger partial charge on any atom is 0.315 e. The number of carbonyl (C=O) groups is 1. The highest BCUT2D eigenvalue weighted by Crippen LogP contribution is 2.37. The molecule has 2 fully saturated rings. The molecule has 7 nitrogen and oxygen atoms in total. The van der Waals surface area contributed by atoms with E-state index < -0.39 is 0 Å². The second-order valence-corrected chi connectivity index (χ2v) is 9.78. The van der Waals surface area contributed by atoms with Gasteiger partial charge in [0, 0.05) is 49.1 Å². The van der Waals surface area contributed by atoms with E-state index in [-0.39, 0.29) is 35.7 Å². The minimum absolute atomic E-state index is 0.0536. The summed E-state index contributed by atoms with van der Waals surface area (Å²) in [7, 11) is 3.58. The van der Waals surface area contributed by atoms with Crippen LogP contribution in [-0.2, 0) is 11.8 Å². The molecule has 2 saturated carbocycles. The van der Waals surface area contributed by atoms with Crippen molar-refractivity contribution in [1.29, 1.82) is 0 Å². The van der Waals surface area contributed by atoms with E-state index in [1.54, 1.807) is 11.7 Å². The van der Waals surface area contributed by atoms with Crippen molar-refractivity contribution in [3.8, 4) is 0 Å². The van der Waals surface area contributed by atoms with Gasteiger partial charge in [0.25, 0.3) is 5.56 Å². The molecule has 2 heterocycles. The summed E-state index contributed by atoms with van der Waals surface area (Å²) in [5.41, 5.74) is 2.69. The quantitative estimate of drug-likeness (QED) is 0.758. The van der Waals surface area contributed by atoms with Crippen LogP contribution in [0.15, 0.2) is 23.1 Å². The predicted octanol–water partition coefficient (Wildman–Crippen LogP) is 3.77. The molecule has 7 heteroatoms. The van der Waals surface area contributed by atoms with E-state index in [0.29, 0.717) is 5.92 Å². The molecule has 0 saturated heterocycles. The molecule has 2 aromatic heterocycles. The van der Waals surface area contributed by atoms with Gasteiger partial charge in [-0.15, -0.1) is 0 Å². The third kappa shape index (κ3) is 4.82. The Morgan fingerprint density at radius 1 is 1.12 bits per heavy atom. The first-order valence-corrected chi connectivity index (χ1v) is 11.9. The number of fused-ring (bicyclic) bond motifs is 1. The van der Waals surface area contributed by atoms with E-state index >= 15 is 0 Å². The number of methoxy groups -OCH3 is 1. The number of pyridine rings is 2. The largest absolute Gasteiger partial charge is 0.381 e. The average molecular weight is 441 g/mol. The van der Waals surface area contributed by atoms with Gasteiger partial charge in [-0.3, -0.25) is 9.78 Å². The van der Waals surface area contributed by atoms with Gasteiger partial charge in [-0.2, -0.15) is 0 Å². The Bertz CT molecular complexity index is 1030. The lowest BCUT2D eigenvalue weighted by molar-refractivity contribution is 0.0602. The molecule has 2 aliphatic carbocycles. The zero-order valence-electron chi connectivity index (χ0n) is 19.7. The standard InChI is InChI=1S/C25H36N4O3/c1-15-8-9-19(28-25(31)27-18-6-5-7-20(12-18)32-4)13-21(15)22-11-17-14-26-16(2)10-23(17)29(3)24(22)30/h10-11,14-15,18-21H,5-9,12-13H2,1-4H3,(H2,27,28,31). The number of amides is 2. The molecule has 2 amide bonds. The monoisotopic (exact) mass is 440 g/mol. The molecule has 32 heavy (non-hydrogen) atoms. The van der Waals surface area contributed by atoms with Gasteiger partial charge in [0.05, 0.1) is 11.6 Å². The number of nitrogens with one attached hydrogen (secondary N) is 2. The zero-order chi connectivity index (χ0) is 22.8. The van der Waals surface area contributed by atoms with Gasteiger partial charge in [0.15, 0.2) is 0 Å². The molecule has 0 aliphatic heterocycles. The molecule has 0 aromatic carbocycles. The summed E-state index contributed by atoms with van der Waals surface area (Å²) in [4.78, 5) is 30.3. The molecule has 5 atom stereocenters. The maximum atomic E-state index is 13.2. The molecular weight excluding hydrogens is 404 g/mol. The van der Waals surface area contributed by atoms with Gasteiger partial charge in [0.1, 0.15) is 0 Å². The molecular formula is C25H36N4O3. The number of ether oxygens (including phenoxy) is 1. The zero-order valence-corrected chi connectivity index (χ0v) is 19.7. The van der Waals surface area contributed by atoms with Crippen LogP contribution in [0.25, 0.3) is 10.9 Å². The Morgan fingerprint density at radius 3 is 2.62 bits per heavy atom. The number of hydrogen-bond donors (Lipinski definition) is 2. The SMILES string of the molecule is COC1CCCC(NC(=O)NC2CCC(C)C(c3cc4cnc(C)cc4n(C)c3=O)C2)C1. The fraction of sp³-hybridized carbons (Fsp3) is 0.640. The molecule has 0 radical (unpaired) electrons. The van der Waals surface area contributed by atoms with Crippen molar-refractivity contribution in [2.24, 2.45) is 13.0 Å². The van der Waals surface area contributed by atoms with Gasteiger partial charge in [-0.25, -0.2) is 4.79 Å². The van der Waals surface area contributed by atoms with Crippen LogP contribution in [0.4, 0.5) is 4.79 Å². The highest BCUT2D eigenvalue weighted by molar-refractivity contribution is 5.79. The van der Waals surface area contributed by atoms with Crippen molar-refractivity contribution in [2.75, 3.05) is 7.11 Å². The van der Waals surface area contributed by atoms with Gasteiger partial charge < -0.3 is 19.9 Å². The molecule has 2 aliphatic rings. The second-order valence-electron chi connectivity index (χ2n) is 9.78. The first-order chi connectivity index (χ1) is 15.4. The topological polar surface area (TPSA) is 85.2 Å². The van der Waals surface area contributed by atoms with Crippen LogP contribution in [0, 0.1) is 12.8 Å². The molecule has 174 valence electrons. The highest BCUT2D eigenvalue weighted by atomic mass is 16.5. The molecule has 4 rings (SSSR count). The molecule has 5 unspecified atom stereocenters. The summed E-state index contributed by atoms with van der Waals surface area (Å²) in [5.74, 6) is 0.506. The van der Waals surface area contributed by atoms with Crippen molar-refractivity contribution in [1.82, 2.24) is 20.2 Å². The van der Waals surface area contributed by atoms with Gasteiger partial charge in [0.2, 0.25) is 0 Å². The van der Waals surface area contributed by atoms with E-state index in [1.165, 1.54) is 0 Å². The average Bonchev–Trinajstić information content (AvgIpc) is 2.78. The summed E-state index contributed by atoms with van der Waals surface area (Å²) in [6.45, 7) is 4.15. The minimum atomic E-state index is -0.101. The molecule has 2 N–H and O–H groups in total. The number of rotatable bonds is 4. The highest BCUT2D eigenvalue weighted by Gasteiger charge is 2.32. The summed E-state index contributed by atoms with van der Waals surface area (Å²) in [5, 5.41) is 7.31. The molecule has 0 spiro atoms. The van der Waals surface area contributed by atoms with E-state index in [9.17, 15) is 9.59 Å². The van der Waals surface area contributed by atoms with Crippen molar-refractivity contribution in [3.63, 3.8) is 0 Å². The first kappa shape index (κ1) is 22.8. The van der Waals surface area contributed by atoms with E-state index in [1.807, 2.05) is 32.3 Å². The Labute approximate surface area is 189 Å². The van der Waals surface area contributed by atoms with Crippen LogP contribution in [-0.4, -0.2) is 40.9 Å². The predicted molar refractivity (Wildman–Crippen MR) is 126 cm³/mol. The maximum absolute atomic E-state index is 13.2. The van der Waals surface area contributed by atoms with Crippen LogP contribution in [0.1, 0.15) is 69.0 Å². The molecule has 0 bridgehead atoms. The van der Waals surface area contributed by atoms with Crippen molar-refractivity contribution in [3.05, 3.63) is 39.9 Å². The Kier molecular flexibility index (Phi) is 6.84. The third-order valence-corrected chi connectivity index (χ3v) is 7.50. The van der Waals surface area contributed by atoms with Gasteiger partial charge in [-0.05, 0) is 75.8 Å². The van der Waals surface area contributed by atoms with Crippen LogP contribution in [0.3, 0.4) is 0 Å². The number of carbonyl (C=O) groups excluding carboxylic acids is 1. The van der Waals surface area contributed by atoms with Crippen LogP contribution in [0.2, 0.25) is 0 Å². The summed E-state index contributed by atoms with van der Waals surface area (Å²) < 4.78 is 7.22. The van der Waals surface area contributed by atoms with E-state index in [0.717, 1.165) is 67.1 Å². The van der Waals surface area contributed by atoms with Crippen LogP contribution < -0.4 is 16.2 Å². The van der Waals surface area contributed by atoms with Crippen molar-refractivity contribution >= 4 is 16.9 Å². The fourth-order valence-electron chi connectivity index (χ4n) is 5.54. The van der Waals surface area contributed by atoms with Crippen LogP contribution >= 0.6 is 0 Å². The minimum Gasteiger partial charge on any atom is -0.381 e. The summed E-state index contributed by atoms with van der Waals surface area (Å²) in [6.07, 6.45) is 8.79. The van der Waals surface area contributed by atoms with Crippen LogP contribution in [0.5, 0.6) is 0 Å². The van der Waals surface area contributed by atoms with E-state index in [2.05, 4.69) is 22.5 Å². The Balaban J connectivity index is 1.47.